The van der Waals surface area contributed by atoms with Crippen molar-refractivity contribution in [1.29, 1.82) is 5.26 Å². The second-order valence-corrected chi connectivity index (χ2v) is 4.43. The summed E-state index contributed by atoms with van der Waals surface area (Å²) in [6.07, 6.45) is 0. The van der Waals surface area contributed by atoms with E-state index in [2.05, 4.69) is 6.07 Å². The standard InChI is InChI=1S/C13H18N2O2/c1-13(2,8-14)12(15)9-5-6-10(16-3)11(7-9)17-4/h5-7,12H,15H2,1-4H3. The summed E-state index contributed by atoms with van der Waals surface area (Å²) in [4.78, 5) is 0. The van der Waals surface area contributed by atoms with Gasteiger partial charge in [0.15, 0.2) is 11.5 Å². The van der Waals surface area contributed by atoms with E-state index in [9.17, 15) is 0 Å². The first kappa shape index (κ1) is 13.3. The van der Waals surface area contributed by atoms with Crippen molar-refractivity contribution in [1.82, 2.24) is 0 Å². The average molecular weight is 234 g/mol. The molecule has 0 spiro atoms. The molecule has 4 nitrogen and oxygen atoms in total. The van der Waals surface area contributed by atoms with Crippen LogP contribution in [-0.4, -0.2) is 14.2 Å². The third kappa shape index (κ3) is 2.69. The number of nitrogens with zero attached hydrogens (tertiary/aromatic N) is 1. The van der Waals surface area contributed by atoms with Gasteiger partial charge in [0.25, 0.3) is 0 Å². The molecule has 0 saturated carbocycles. The summed E-state index contributed by atoms with van der Waals surface area (Å²) in [7, 11) is 3.15. The molecule has 0 heterocycles. The SMILES string of the molecule is COc1ccc(C(N)C(C)(C)C#N)cc1OC. The first-order valence-corrected chi connectivity index (χ1v) is 5.35. The largest absolute Gasteiger partial charge is 0.493 e. The summed E-state index contributed by atoms with van der Waals surface area (Å²) in [6, 6.07) is 7.29. The van der Waals surface area contributed by atoms with Gasteiger partial charge in [0.1, 0.15) is 0 Å². The maximum atomic E-state index is 9.07. The lowest BCUT2D eigenvalue weighted by Gasteiger charge is -2.25. The molecule has 1 aromatic rings. The Morgan fingerprint density at radius 1 is 1.24 bits per heavy atom. The fourth-order valence-corrected chi connectivity index (χ4v) is 1.53. The molecule has 0 aromatic heterocycles. The number of nitriles is 1. The molecular formula is C13H18N2O2. The van der Waals surface area contributed by atoms with E-state index in [1.54, 1.807) is 20.3 Å². The number of hydrogen-bond acceptors (Lipinski definition) is 4. The second kappa shape index (κ2) is 5.07. The quantitative estimate of drug-likeness (QED) is 0.867. The zero-order chi connectivity index (χ0) is 13.1. The molecule has 0 bridgehead atoms. The van der Waals surface area contributed by atoms with Crippen molar-refractivity contribution in [3.05, 3.63) is 23.8 Å². The first-order valence-electron chi connectivity index (χ1n) is 5.35. The molecule has 1 aromatic carbocycles. The minimum absolute atomic E-state index is 0.368. The van der Waals surface area contributed by atoms with Crippen LogP contribution >= 0.6 is 0 Å². The van der Waals surface area contributed by atoms with Gasteiger partial charge in [-0.25, -0.2) is 0 Å². The van der Waals surface area contributed by atoms with Crippen molar-refractivity contribution in [2.75, 3.05) is 14.2 Å². The Bertz CT molecular complexity index is 436. The van der Waals surface area contributed by atoms with Gasteiger partial charge in [-0.05, 0) is 31.5 Å². The van der Waals surface area contributed by atoms with Crippen LogP contribution in [0.1, 0.15) is 25.5 Å². The number of nitrogens with two attached hydrogens (primary N) is 1. The molecule has 0 aliphatic carbocycles. The fraction of sp³-hybridized carbons (Fsp3) is 0.462. The predicted octanol–water partition coefficient (Wildman–Crippen LogP) is 2.25. The molecule has 92 valence electrons. The number of benzene rings is 1. The summed E-state index contributed by atoms with van der Waals surface area (Å²) < 4.78 is 10.4. The molecular weight excluding hydrogens is 216 g/mol. The summed E-state index contributed by atoms with van der Waals surface area (Å²) in [6.45, 7) is 3.63. The van der Waals surface area contributed by atoms with Gasteiger partial charge in [-0.3, -0.25) is 0 Å². The van der Waals surface area contributed by atoms with E-state index in [0.717, 1.165) is 5.56 Å². The minimum Gasteiger partial charge on any atom is -0.493 e. The van der Waals surface area contributed by atoms with Gasteiger partial charge in [0.2, 0.25) is 0 Å². The fourth-order valence-electron chi connectivity index (χ4n) is 1.53. The van der Waals surface area contributed by atoms with Crippen molar-refractivity contribution < 1.29 is 9.47 Å². The van der Waals surface area contributed by atoms with Crippen LogP contribution in [-0.2, 0) is 0 Å². The first-order chi connectivity index (χ1) is 7.96. The molecule has 1 atom stereocenters. The van der Waals surface area contributed by atoms with E-state index in [-0.39, 0.29) is 6.04 Å². The molecule has 0 amide bonds. The van der Waals surface area contributed by atoms with Crippen molar-refractivity contribution in [3.63, 3.8) is 0 Å². The molecule has 0 aliphatic heterocycles. The highest BCUT2D eigenvalue weighted by molar-refractivity contribution is 5.44. The van der Waals surface area contributed by atoms with Crippen molar-refractivity contribution in [2.45, 2.75) is 19.9 Å². The van der Waals surface area contributed by atoms with Crippen molar-refractivity contribution >= 4 is 0 Å². The van der Waals surface area contributed by atoms with Crippen LogP contribution in [0.3, 0.4) is 0 Å². The van der Waals surface area contributed by atoms with Crippen LogP contribution in [0.2, 0.25) is 0 Å². The minimum atomic E-state index is -0.625. The van der Waals surface area contributed by atoms with Crippen LogP contribution in [0.5, 0.6) is 11.5 Å². The van der Waals surface area contributed by atoms with Crippen LogP contribution in [0.15, 0.2) is 18.2 Å². The Hall–Kier alpha value is -1.73. The lowest BCUT2D eigenvalue weighted by molar-refractivity contribution is 0.351. The molecule has 0 aliphatic rings. The van der Waals surface area contributed by atoms with E-state index >= 15 is 0 Å². The van der Waals surface area contributed by atoms with Gasteiger partial charge in [-0.15, -0.1) is 0 Å². The normalized spacial score (nSPS) is 12.7. The Kier molecular flexibility index (Phi) is 3.97. The molecule has 0 radical (unpaired) electrons. The third-order valence-electron chi connectivity index (χ3n) is 2.83. The zero-order valence-corrected chi connectivity index (χ0v) is 10.7. The van der Waals surface area contributed by atoms with Gasteiger partial charge in [-0.1, -0.05) is 6.07 Å². The number of ether oxygens (including phenoxy) is 2. The molecule has 2 N–H and O–H groups in total. The monoisotopic (exact) mass is 234 g/mol. The molecule has 4 heteroatoms. The van der Waals surface area contributed by atoms with Gasteiger partial charge in [0, 0.05) is 6.04 Å². The Labute approximate surface area is 102 Å². The van der Waals surface area contributed by atoms with Gasteiger partial charge < -0.3 is 15.2 Å². The maximum Gasteiger partial charge on any atom is 0.161 e. The topological polar surface area (TPSA) is 68.3 Å². The summed E-state index contributed by atoms with van der Waals surface area (Å²) in [5.74, 6) is 1.27. The van der Waals surface area contributed by atoms with Crippen molar-refractivity contribution in [2.24, 2.45) is 11.1 Å². The third-order valence-corrected chi connectivity index (χ3v) is 2.83. The van der Waals surface area contributed by atoms with Gasteiger partial charge in [0.05, 0.1) is 25.7 Å². The summed E-state index contributed by atoms with van der Waals surface area (Å²) >= 11 is 0. The van der Waals surface area contributed by atoms with Gasteiger partial charge >= 0.3 is 0 Å². The Morgan fingerprint density at radius 3 is 2.29 bits per heavy atom. The highest BCUT2D eigenvalue weighted by Gasteiger charge is 2.28. The van der Waals surface area contributed by atoms with Crippen LogP contribution in [0, 0.1) is 16.7 Å². The number of hydrogen-bond donors (Lipinski definition) is 1. The Balaban J connectivity index is 3.13. The highest BCUT2D eigenvalue weighted by Crippen LogP contribution is 2.35. The second-order valence-electron chi connectivity index (χ2n) is 4.43. The van der Waals surface area contributed by atoms with Crippen LogP contribution < -0.4 is 15.2 Å². The predicted molar refractivity (Wildman–Crippen MR) is 65.9 cm³/mol. The molecule has 0 fully saturated rings. The Morgan fingerprint density at radius 2 is 1.82 bits per heavy atom. The van der Waals surface area contributed by atoms with E-state index in [0.29, 0.717) is 11.5 Å². The molecule has 1 rings (SSSR count). The van der Waals surface area contributed by atoms with E-state index in [1.807, 2.05) is 26.0 Å². The van der Waals surface area contributed by atoms with Crippen LogP contribution in [0.25, 0.3) is 0 Å². The number of methoxy groups -OCH3 is 2. The average Bonchev–Trinajstić information content (AvgIpc) is 2.36. The summed E-state index contributed by atoms with van der Waals surface area (Å²) in [5, 5.41) is 9.07. The lowest BCUT2D eigenvalue weighted by Crippen LogP contribution is -2.27. The maximum absolute atomic E-state index is 9.07. The lowest BCUT2D eigenvalue weighted by atomic mass is 9.82. The summed E-state index contributed by atoms with van der Waals surface area (Å²) in [5.41, 5.74) is 6.31. The van der Waals surface area contributed by atoms with Crippen LogP contribution in [0.4, 0.5) is 0 Å². The smallest absolute Gasteiger partial charge is 0.161 e. The molecule has 17 heavy (non-hydrogen) atoms. The van der Waals surface area contributed by atoms with E-state index in [1.165, 1.54) is 0 Å². The van der Waals surface area contributed by atoms with E-state index < -0.39 is 5.41 Å². The molecule has 1 unspecified atom stereocenters. The highest BCUT2D eigenvalue weighted by atomic mass is 16.5. The van der Waals surface area contributed by atoms with Gasteiger partial charge in [-0.2, -0.15) is 5.26 Å². The van der Waals surface area contributed by atoms with Crippen molar-refractivity contribution in [3.8, 4) is 17.6 Å². The zero-order valence-electron chi connectivity index (χ0n) is 10.7. The number of rotatable bonds is 4. The molecule has 0 saturated heterocycles. The van der Waals surface area contributed by atoms with E-state index in [4.69, 9.17) is 20.5 Å².